The molecule has 5 aromatic rings. The van der Waals surface area contributed by atoms with Crippen LogP contribution < -0.4 is 16.0 Å². The molecule has 68 heavy (non-hydrogen) atoms. The molecule has 2 unspecified atom stereocenters. The summed E-state index contributed by atoms with van der Waals surface area (Å²) in [5.41, 5.74) is 4.28. The molecule has 0 spiro atoms. The lowest BCUT2D eigenvalue weighted by atomic mass is 9.83. The number of carbonyl (C=O) groups is 5. The monoisotopic (exact) mass is 922 g/mol. The summed E-state index contributed by atoms with van der Waals surface area (Å²) in [4.78, 5) is 83.3. The van der Waals surface area contributed by atoms with Crippen LogP contribution in [0.1, 0.15) is 97.6 Å². The Kier molecular flexibility index (Phi) is 13.6. The van der Waals surface area contributed by atoms with Crippen LogP contribution >= 0.6 is 0 Å². The molecule has 15 heteroatoms. The number of nitrogens with zero attached hydrogens (tertiary/aromatic N) is 3. The van der Waals surface area contributed by atoms with Gasteiger partial charge in [-0.3, -0.25) is 14.4 Å². The van der Waals surface area contributed by atoms with Crippen molar-refractivity contribution < 1.29 is 33.4 Å². The summed E-state index contributed by atoms with van der Waals surface area (Å²) in [6, 6.07) is 22.1. The molecule has 1 aliphatic carbocycles. The van der Waals surface area contributed by atoms with Gasteiger partial charge in [0.25, 0.3) is 5.91 Å². The van der Waals surface area contributed by atoms with E-state index in [1.165, 1.54) is 0 Å². The number of alkyl carbamates (subject to hydrolysis) is 2. The fourth-order valence-corrected chi connectivity index (χ4v) is 9.30. The molecule has 2 saturated heterocycles. The third-order valence-corrected chi connectivity index (χ3v) is 12.5. The summed E-state index contributed by atoms with van der Waals surface area (Å²) in [6.07, 6.45) is 10.8. The molecular weight excluding hydrogens is 861 g/mol. The van der Waals surface area contributed by atoms with E-state index in [9.17, 15) is 24.0 Å². The minimum absolute atomic E-state index is 0.0224. The number of amides is 5. The van der Waals surface area contributed by atoms with Crippen LogP contribution in [0.3, 0.4) is 0 Å². The van der Waals surface area contributed by atoms with E-state index < -0.39 is 41.5 Å². The van der Waals surface area contributed by atoms with Crippen LogP contribution in [0.25, 0.3) is 33.4 Å². The lowest BCUT2D eigenvalue weighted by molar-refractivity contribution is -0.139. The maximum Gasteiger partial charge on any atom is 0.408 e. The fraction of sp³-hybridized carbons (Fsp3) is 0.396. The van der Waals surface area contributed by atoms with E-state index in [2.05, 4.69) is 25.9 Å². The number of fused-ring (bicyclic) bond motifs is 1. The van der Waals surface area contributed by atoms with Crippen molar-refractivity contribution in [3.05, 3.63) is 121 Å². The van der Waals surface area contributed by atoms with Gasteiger partial charge in [-0.25, -0.2) is 14.6 Å². The molecule has 6 atom stereocenters. The predicted molar refractivity (Wildman–Crippen MR) is 261 cm³/mol. The smallest absolute Gasteiger partial charge is 0.408 e. The van der Waals surface area contributed by atoms with Crippen molar-refractivity contribution >= 4 is 46.5 Å². The number of H-pyrrole nitrogens is 2. The standard InChI is InChI=1S/C53H62N8O7/c1-32-15-11-12-18-38(32)45(59-51(66)68-53(5,6)7)49(64)61-28-14-20-43(61)47(62)55-37-25-26-39-36(29-37)30-40(56-39)33-21-23-34(24-22-33)41-31-54-46(57-41)42-19-13-27-60(42)48(63)44(35-16-9-8-10-17-35)58-50(65)67-52(2,3)4/h8-12,15-18,21-26,29-32,38,42-45,56H,13-14,19-20,27-28H2,1-7H3,(H,54,57)(H,55,62)(H,58,65)(H,59,66)/t32?,38?,42-,43-,44+,45+/m0/s1. The van der Waals surface area contributed by atoms with Gasteiger partial charge >= 0.3 is 12.2 Å². The van der Waals surface area contributed by atoms with Gasteiger partial charge in [-0.2, -0.15) is 0 Å². The van der Waals surface area contributed by atoms with E-state index in [1.54, 1.807) is 57.5 Å². The SMILES string of the molecule is CC1C=CC=CC1[C@@H](NC(=O)OC(C)(C)C)C(=O)N1CCC[C@H]1C(=O)Nc1ccc2[nH]c(-c3ccc(-c4cnc([C@@H]5CCCN5C(=O)[C@H](NC(=O)OC(C)(C)C)c5ccccc5)[nH]4)cc3)cc2c1. The number of anilines is 1. The normalized spacial score (nSPS) is 20.2. The molecule has 15 nitrogen and oxygen atoms in total. The second-order valence-electron chi connectivity index (χ2n) is 19.9. The van der Waals surface area contributed by atoms with E-state index in [0.29, 0.717) is 43.0 Å². The first-order valence-corrected chi connectivity index (χ1v) is 23.5. The van der Waals surface area contributed by atoms with Crippen LogP contribution in [0.5, 0.6) is 0 Å². The fourth-order valence-electron chi connectivity index (χ4n) is 9.30. The molecule has 4 heterocycles. The number of hydrogen-bond acceptors (Lipinski definition) is 8. The van der Waals surface area contributed by atoms with Crippen LogP contribution in [0.4, 0.5) is 15.3 Å². The molecule has 0 bridgehead atoms. The lowest BCUT2D eigenvalue weighted by Gasteiger charge is -2.34. The third-order valence-electron chi connectivity index (χ3n) is 12.5. The first-order chi connectivity index (χ1) is 32.4. The van der Waals surface area contributed by atoms with Crippen molar-refractivity contribution in [3.8, 4) is 22.5 Å². The number of aromatic amines is 2. The van der Waals surface area contributed by atoms with Crippen LogP contribution in [0, 0.1) is 11.8 Å². The first kappa shape index (κ1) is 47.3. The van der Waals surface area contributed by atoms with Crippen molar-refractivity contribution in [2.45, 2.75) is 110 Å². The van der Waals surface area contributed by atoms with Crippen molar-refractivity contribution in [2.75, 3.05) is 18.4 Å². The van der Waals surface area contributed by atoms with Crippen LogP contribution in [0.15, 0.2) is 109 Å². The number of aromatic nitrogens is 3. The van der Waals surface area contributed by atoms with Crippen LogP contribution in [0.2, 0.25) is 0 Å². The number of hydrogen-bond donors (Lipinski definition) is 5. The molecule has 8 rings (SSSR count). The first-order valence-electron chi connectivity index (χ1n) is 23.5. The number of ether oxygens (including phenoxy) is 2. The maximum absolute atomic E-state index is 14.3. The zero-order valence-electron chi connectivity index (χ0n) is 39.8. The molecule has 356 valence electrons. The number of allylic oxidation sites excluding steroid dienone is 3. The van der Waals surface area contributed by atoms with Crippen molar-refractivity contribution in [3.63, 3.8) is 0 Å². The number of nitrogens with one attached hydrogen (secondary N) is 5. The second-order valence-corrected chi connectivity index (χ2v) is 19.9. The highest BCUT2D eigenvalue weighted by Gasteiger charge is 2.42. The number of imidazole rings is 1. The molecule has 3 aliphatic rings. The van der Waals surface area contributed by atoms with E-state index >= 15 is 0 Å². The maximum atomic E-state index is 14.3. The molecule has 2 fully saturated rings. The predicted octanol–water partition coefficient (Wildman–Crippen LogP) is 9.36. The van der Waals surface area contributed by atoms with Gasteiger partial charge in [-0.05, 0) is 114 Å². The Balaban J connectivity index is 0.925. The Labute approximate surface area is 397 Å². The lowest BCUT2D eigenvalue weighted by Crippen LogP contribution is -2.56. The summed E-state index contributed by atoms with van der Waals surface area (Å²) >= 11 is 0. The Morgan fingerprint density at radius 2 is 1.37 bits per heavy atom. The zero-order valence-corrected chi connectivity index (χ0v) is 39.8. The highest BCUT2D eigenvalue weighted by atomic mass is 16.6. The van der Waals surface area contributed by atoms with Crippen molar-refractivity contribution in [1.82, 2.24) is 35.4 Å². The Morgan fingerprint density at radius 3 is 2.06 bits per heavy atom. The molecule has 2 aliphatic heterocycles. The number of likely N-dealkylation sites (tertiary alicyclic amines) is 2. The van der Waals surface area contributed by atoms with Crippen LogP contribution in [-0.2, 0) is 23.9 Å². The molecule has 5 amide bonds. The number of benzene rings is 3. The molecular formula is C53H62N8O7. The third kappa shape index (κ3) is 11.0. The molecule has 0 saturated carbocycles. The van der Waals surface area contributed by atoms with Gasteiger partial charge in [0.2, 0.25) is 11.8 Å². The zero-order chi connectivity index (χ0) is 48.3. The average Bonchev–Trinajstić information content (AvgIpc) is 4.13. The minimum atomic E-state index is -0.925. The number of carbonyl (C=O) groups excluding carboxylic acids is 5. The summed E-state index contributed by atoms with van der Waals surface area (Å²) in [6.45, 7) is 13.6. The van der Waals surface area contributed by atoms with Gasteiger partial charge in [0.1, 0.15) is 35.2 Å². The van der Waals surface area contributed by atoms with E-state index in [4.69, 9.17) is 14.5 Å². The number of rotatable bonds is 11. The average molecular weight is 923 g/mol. The Hall–Kier alpha value is -7.16. The topological polar surface area (TPSA) is 191 Å². The van der Waals surface area contributed by atoms with Gasteiger partial charge in [0.05, 0.1) is 17.9 Å². The van der Waals surface area contributed by atoms with Gasteiger partial charge in [-0.15, -0.1) is 0 Å². The van der Waals surface area contributed by atoms with Gasteiger partial charge < -0.3 is 45.2 Å². The molecule has 3 aromatic carbocycles. The summed E-state index contributed by atoms with van der Waals surface area (Å²) in [7, 11) is 0. The quantitative estimate of drug-likeness (QED) is 0.0866. The van der Waals surface area contributed by atoms with Gasteiger partial charge in [-0.1, -0.05) is 85.8 Å². The summed E-state index contributed by atoms with van der Waals surface area (Å²) in [5, 5.41) is 9.61. The highest BCUT2D eigenvalue weighted by Crippen LogP contribution is 2.35. The van der Waals surface area contributed by atoms with E-state index in [-0.39, 0.29) is 35.6 Å². The van der Waals surface area contributed by atoms with Crippen molar-refractivity contribution in [1.29, 1.82) is 0 Å². The minimum Gasteiger partial charge on any atom is -0.444 e. The Bertz CT molecular complexity index is 2710. The Morgan fingerprint density at radius 1 is 0.721 bits per heavy atom. The van der Waals surface area contributed by atoms with Gasteiger partial charge in [0.15, 0.2) is 0 Å². The van der Waals surface area contributed by atoms with Crippen molar-refractivity contribution in [2.24, 2.45) is 11.8 Å². The van der Waals surface area contributed by atoms with Gasteiger partial charge in [0, 0.05) is 41.3 Å². The van der Waals surface area contributed by atoms with E-state index in [0.717, 1.165) is 46.3 Å². The second kappa shape index (κ2) is 19.6. The van der Waals surface area contributed by atoms with E-state index in [1.807, 2.05) is 110 Å². The van der Waals surface area contributed by atoms with Crippen LogP contribution in [-0.4, -0.2) is 91.0 Å². The summed E-state index contributed by atoms with van der Waals surface area (Å²) in [5.74, 6) is -0.490. The molecule has 2 aromatic heterocycles. The molecule has 5 N–H and O–H groups in total. The highest BCUT2D eigenvalue weighted by molar-refractivity contribution is 6.00. The molecule has 0 radical (unpaired) electrons. The summed E-state index contributed by atoms with van der Waals surface area (Å²) < 4.78 is 11.1. The largest absolute Gasteiger partial charge is 0.444 e.